The molecule has 4 aromatic rings. The lowest BCUT2D eigenvalue weighted by molar-refractivity contribution is -0.117. The van der Waals surface area contributed by atoms with E-state index in [0.29, 0.717) is 38.5 Å². The summed E-state index contributed by atoms with van der Waals surface area (Å²) in [5, 5.41) is 8.11. The molecule has 4 rings (SSSR count). The van der Waals surface area contributed by atoms with Crippen molar-refractivity contribution in [1.82, 2.24) is 19.2 Å². The van der Waals surface area contributed by atoms with Gasteiger partial charge in [0.1, 0.15) is 12.4 Å². The summed E-state index contributed by atoms with van der Waals surface area (Å²) >= 11 is 12.2. The van der Waals surface area contributed by atoms with Crippen molar-refractivity contribution in [2.45, 2.75) is 20.4 Å². The highest BCUT2D eigenvalue weighted by atomic mass is 35.5. The molecule has 7 nitrogen and oxygen atoms in total. The summed E-state index contributed by atoms with van der Waals surface area (Å²) < 4.78 is 2.48. The Kier molecular flexibility index (Phi) is 5.32. The zero-order chi connectivity index (χ0) is 21.4. The molecule has 30 heavy (non-hydrogen) atoms. The first-order valence-corrected chi connectivity index (χ1v) is 9.86. The van der Waals surface area contributed by atoms with Gasteiger partial charge in [-0.25, -0.2) is 18.9 Å². The molecule has 2 heterocycles. The van der Waals surface area contributed by atoms with E-state index < -0.39 is 11.6 Å². The van der Waals surface area contributed by atoms with Crippen molar-refractivity contribution >= 4 is 40.4 Å². The van der Waals surface area contributed by atoms with Crippen molar-refractivity contribution in [2.24, 2.45) is 0 Å². The highest BCUT2D eigenvalue weighted by molar-refractivity contribution is 6.31. The normalized spacial score (nSPS) is 11.1. The second kappa shape index (κ2) is 7.93. The number of nitrogens with one attached hydrogen (secondary N) is 1. The lowest BCUT2D eigenvalue weighted by Gasteiger charge is -2.06. The number of fused-ring (bicyclic) bond motifs is 1. The number of hydrogen-bond acceptors (Lipinski definition) is 4. The Balaban J connectivity index is 1.69. The van der Waals surface area contributed by atoms with Gasteiger partial charge >= 0.3 is 5.69 Å². The van der Waals surface area contributed by atoms with Crippen LogP contribution in [0.1, 0.15) is 11.3 Å². The number of carbonyl (C=O) groups excluding carboxylic acids is 1. The SMILES string of the molecule is Cc1cc2nn(CC(=O)Nc3ccc(C)c(Cl)c3)c(=O)n2c(-c2cccc(Cl)c2)n1. The maximum Gasteiger partial charge on any atom is 0.352 e. The van der Waals surface area contributed by atoms with E-state index >= 15 is 0 Å². The summed E-state index contributed by atoms with van der Waals surface area (Å²) in [6.07, 6.45) is 0. The molecule has 0 radical (unpaired) electrons. The number of benzene rings is 2. The fourth-order valence-electron chi connectivity index (χ4n) is 3.08. The van der Waals surface area contributed by atoms with Gasteiger partial charge in [-0.15, -0.1) is 5.10 Å². The van der Waals surface area contributed by atoms with Crippen molar-refractivity contribution in [2.75, 3.05) is 5.32 Å². The fraction of sp³-hybridized carbons (Fsp3) is 0.143. The molecule has 9 heteroatoms. The maximum atomic E-state index is 13.0. The minimum absolute atomic E-state index is 0.250. The molecule has 0 unspecified atom stereocenters. The van der Waals surface area contributed by atoms with Crippen LogP contribution in [0.4, 0.5) is 5.69 Å². The molecule has 0 spiro atoms. The zero-order valence-electron chi connectivity index (χ0n) is 16.2. The van der Waals surface area contributed by atoms with Crippen LogP contribution in [0.15, 0.2) is 53.3 Å². The molecule has 0 aliphatic carbocycles. The number of hydrogen-bond donors (Lipinski definition) is 1. The molecule has 2 aromatic heterocycles. The first-order valence-electron chi connectivity index (χ1n) is 9.11. The number of amides is 1. The van der Waals surface area contributed by atoms with Crippen LogP contribution in [0.25, 0.3) is 17.0 Å². The van der Waals surface area contributed by atoms with E-state index in [1.165, 1.54) is 4.40 Å². The topological polar surface area (TPSA) is 81.3 Å². The lowest BCUT2D eigenvalue weighted by atomic mass is 10.2. The third-order valence-electron chi connectivity index (χ3n) is 4.53. The smallest absolute Gasteiger partial charge is 0.324 e. The Morgan fingerprint density at radius 1 is 1.10 bits per heavy atom. The van der Waals surface area contributed by atoms with Crippen LogP contribution in [0.2, 0.25) is 10.0 Å². The van der Waals surface area contributed by atoms with Crippen LogP contribution < -0.4 is 11.0 Å². The molecule has 0 aliphatic rings. The van der Waals surface area contributed by atoms with Gasteiger partial charge in [0.05, 0.1) is 0 Å². The first kappa shape index (κ1) is 20.1. The molecule has 152 valence electrons. The van der Waals surface area contributed by atoms with E-state index in [4.69, 9.17) is 23.2 Å². The Morgan fingerprint density at radius 3 is 2.63 bits per heavy atom. The second-order valence-corrected chi connectivity index (χ2v) is 7.72. The standard InChI is InChI=1S/C21H17Cl2N5O2/c1-12-6-7-16(10-17(12)23)25-19(29)11-27-21(30)28-18(26-27)8-13(2)24-20(28)14-4-3-5-15(22)9-14/h3-10H,11H2,1-2H3,(H,25,29). The number of aromatic nitrogens is 4. The van der Waals surface area contributed by atoms with E-state index in [0.717, 1.165) is 10.2 Å². The number of halogens is 2. The van der Waals surface area contributed by atoms with Gasteiger partial charge < -0.3 is 5.32 Å². The van der Waals surface area contributed by atoms with Crippen molar-refractivity contribution in [3.05, 3.63) is 80.3 Å². The van der Waals surface area contributed by atoms with Crippen molar-refractivity contribution < 1.29 is 4.79 Å². The molecule has 0 saturated heterocycles. The van der Waals surface area contributed by atoms with E-state index in [2.05, 4.69) is 15.4 Å². The molecule has 2 aromatic carbocycles. The average Bonchev–Trinajstić information content (AvgIpc) is 2.99. The second-order valence-electron chi connectivity index (χ2n) is 6.88. The molecule has 0 bridgehead atoms. The molecule has 0 atom stereocenters. The number of carbonyl (C=O) groups is 1. The predicted octanol–water partition coefficient (Wildman–Crippen LogP) is 4.12. The zero-order valence-corrected chi connectivity index (χ0v) is 17.7. The van der Waals surface area contributed by atoms with Gasteiger partial charge in [-0.1, -0.05) is 41.4 Å². The van der Waals surface area contributed by atoms with Crippen LogP contribution in [-0.2, 0) is 11.3 Å². The maximum absolute atomic E-state index is 13.0. The van der Waals surface area contributed by atoms with E-state index in [-0.39, 0.29) is 6.54 Å². The van der Waals surface area contributed by atoms with Gasteiger partial charge in [0.15, 0.2) is 5.65 Å². The van der Waals surface area contributed by atoms with Crippen LogP contribution in [-0.4, -0.2) is 25.1 Å². The number of nitrogens with zero attached hydrogens (tertiary/aromatic N) is 4. The molecule has 1 amide bonds. The highest BCUT2D eigenvalue weighted by Gasteiger charge is 2.16. The molecular weight excluding hydrogens is 425 g/mol. The summed E-state index contributed by atoms with van der Waals surface area (Å²) in [6.45, 7) is 3.43. The third-order valence-corrected chi connectivity index (χ3v) is 5.17. The number of anilines is 1. The predicted molar refractivity (Wildman–Crippen MR) is 117 cm³/mol. The summed E-state index contributed by atoms with van der Waals surface area (Å²) in [6, 6.07) is 14.0. The summed E-state index contributed by atoms with van der Waals surface area (Å²) in [7, 11) is 0. The molecule has 0 fully saturated rings. The Bertz CT molecular complexity index is 1340. The summed E-state index contributed by atoms with van der Waals surface area (Å²) in [5.41, 5.74) is 2.75. The van der Waals surface area contributed by atoms with Crippen molar-refractivity contribution in [3.63, 3.8) is 0 Å². The monoisotopic (exact) mass is 441 g/mol. The van der Waals surface area contributed by atoms with Gasteiger partial charge in [-0.2, -0.15) is 0 Å². The summed E-state index contributed by atoms with van der Waals surface area (Å²) in [4.78, 5) is 30.0. The molecule has 1 N–H and O–H groups in total. The number of aryl methyl sites for hydroxylation is 2. The minimum Gasteiger partial charge on any atom is -0.324 e. The van der Waals surface area contributed by atoms with E-state index in [9.17, 15) is 9.59 Å². The van der Waals surface area contributed by atoms with Crippen LogP contribution >= 0.6 is 23.2 Å². The fourth-order valence-corrected chi connectivity index (χ4v) is 3.46. The average molecular weight is 442 g/mol. The minimum atomic E-state index is -0.468. The largest absolute Gasteiger partial charge is 0.352 e. The van der Waals surface area contributed by atoms with Gasteiger partial charge in [0, 0.05) is 33.1 Å². The quantitative estimate of drug-likeness (QED) is 0.516. The number of rotatable bonds is 4. The van der Waals surface area contributed by atoms with Crippen molar-refractivity contribution in [3.8, 4) is 11.4 Å². The van der Waals surface area contributed by atoms with Crippen LogP contribution in [0.3, 0.4) is 0 Å². The molecule has 0 saturated carbocycles. The summed E-state index contributed by atoms with van der Waals surface area (Å²) in [5.74, 6) is 0.0175. The van der Waals surface area contributed by atoms with E-state index in [1.807, 2.05) is 19.9 Å². The Hall–Kier alpha value is -3.16. The van der Waals surface area contributed by atoms with E-state index in [1.54, 1.807) is 42.5 Å². The third kappa shape index (κ3) is 3.94. The van der Waals surface area contributed by atoms with Gasteiger partial charge in [0.2, 0.25) is 5.91 Å². The van der Waals surface area contributed by atoms with Gasteiger partial charge in [-0.3, -0.25) is 4.79 Å². The Morgan fingerprint density at radius 2 is 1.90 bits per heavy atom. The highest BCUT2D eigenvalue weighted by Crippen LogP contribution is 2.22. The molecular formula is C21H17Cl2N5O2. The Labute approximate surface area is 181 Å². The van der Waals surface area contributed by atoms with Crippen LogP contribution in [0.5, 0.6) is 0 Å². The van der Waals surface area contributed by atoms with Crippen LogP contribution in [0, 0.1) is 13.8 Å². The van der Waals surface area contributed by atoms with Crippen molar-refractivity contribution in [1.29, 1.82) is 0 Å². The lowest BCUT2D eigenvalue weighted by Crippen LogP contribution is -2.28. The molecule has 0 aliphatic heterocycles. The van der Waals surface area contributed by atoms with Gasteiger partial charge in [0.25, 0.3) is 0 Å². The van der Waals surface area contributed by atoms with Gasteiger partial charge in [-0.05, 0) is 43.7 Å². The first-order chi connectivity index (χ1) is 14.3.